The number of nitro groups is 1. The molecule has 2 aromatic rings. The van der Waals surface area contributed by atoms with Crippen molar-refractivity contribution in [1.82, 2.24) is 0 Å². The van der Waals surface area contributed by atoms with E-state index in [9.17, 15) is 14.9 Å². The maximum atomic E-state index is 13.1. The Kier molecular flexibility index (Phi) is 5.88. The molecule has 1 aliphatic heterocycles. The first kappa shape index (κ1) is 22.1. The molecule has 2 aromatic carbocycles. The van der Waals surface area contributed by atoms with Gasteiger partial charge in [0.1, 0.15) is 28.4 Å². The first-order valence-electron chi connectivity index (χ1n) is 9.75. The summed E-state index contributed by atoms with van der Waals surface area (Å²) in [6.07, 6.45) is 5.19. The van der Waals surface area contributed by atoms with Crippen LogP contribution in [0.25, 0.3) is 12.2 Å². The Labute approximate surface area is 181 Å². The summed E-state index contributed by atoms with van der Waals surface area (Å²) in [7, 11) is 1.36. The lowest BCUT2D eigenvalue weighted by Crippen LogP contribution is -2.28. The molecule has 31 heavy (non-hydrogen) atoms. The van der Waals surface area contributed by atoms with Gasteiger partial charge < -0.3 is 14.2 Å². The molecule has 7 nitrogen and oxygen atoms in total. The number of Topliss-reactive ketones (excluding diaryl/α,β-unsaturated/α-hetero) is 1. The van der Waals surface area contributed by atoms with Crippen LogP contribution in [0.15, 0.2) is 30.9 Å². The van der Waals surface area contributed by atoms with Gasteiger partial charge in [-0.3, -0.25) is 14.9 Å². The van der Waals surface area contributed by atoms with E-state index in [-0.39, 0.29) is 22.7 Å². The van der Waals surface area contributed by atoms with E-state index in [1.165, 1.54) is 13.2 Å². The molecule has 0 unspecified atom stereocenters. The minimum Gasteiger partial charge on any atom is -0.495 e. The van der Waals surface area contributed by atoms with Crippen molar-refractivity contribution in [2.24, 2.45) is 0 Å². The molecule has 1 aliphatic rings. The average Bonchev–Trinajstić information content (AvgIpc) is 2.71. The van der Waals surface area contributed by atoms with Crippen molar-refractivity contribution in [3.63, 3.8) is 0 Å². The molecule has 0 aromatic heterocycles. The van der Waals surface area contributed by atoms with Gasteiger partial charge >= 0.3 is 0 Å². The Bertz CT molecular complexity index is 1110. The number of hydrogen-bond donors (Lipinski definition) is 0. The number of aryl methyl sites for hydroxylation is 2. The highest BCUT2D eigenvalue weighted by atomic mass is 16.6. The van der Waals surface area contributed by atoms with Crippen LogP contribution in [0.4, 0.5) is 5.69 Å². The predicted molar refractivity (Wildman–Crippen MR) is 119 cm³/mol. The largest absolute Gasteiger partial charge is 0.495 e. The van der Waals surface area contributed by atoms with Crippen molar-refractivity contribution < 1.29 is 23.9 Å². The molecule has 162 valence electrons. The number of ketones is 1. The SMILES string of the molecule is C=Cc1cc(C)c(C)cc1OCC(=O)c1c([N+](=O)[O-])cc2c(c1OC)C=CC(C)(C)O2. The number of carbonyl (C=O) groups is 1. The summed E-state index contributed by atoms with van der Waals surface area (Å²) in [5, 5.41) is 11.8. The number of benzene rings is 2. The number of carbonyl (C=O) groups excluding carboxylic acids is 1. The van der Waals surface area contributed by atoms with Crippen LogP contribution in [0.2, 0.25) is 0 Å². The molecule has 0 saturated carbocycles. The molecule has 0 fully saturated rings. The summed E-state index contributed by atoms with van der Waals surface area (Å²) in [6.45, 7) is 10.9. The Morgan fingerprint density at radius 2 is 1.94 bits per heavy atom. The van der Waals surface area contributed by atoms with Gasteiger partial charge in [0.2, 0.25) is 5.78 Å². The summed E-state index contributed by atoms with van der Waals surface area (Å²) >= 11 is 0. The molecule has 0 N–H and O–H groups in total. The van der Waals surface area contributed by atoms with E-state index < -0.39 is 22.9 Å². The van der Waals surface area contributed by atoms with Gasteiger partial charge in [-0.25, -0.2) is 0 Å². The Morgan fingerprint density at radius 3 is 2.55 bits per heavy atom. The number of nitrogens with zero attached hydrogens (tertiary/aromatic N) is 1. The number of hydrogen-bond acceptors (Lipinski definition) is 6. The molecule has 1 heterocycles. The van der Waals surface area contributed by atoms with Gasteiger partial charge in [-0.1, -0.05) is 12.7 Å². The zero-order valence-corrected chi connectivity index (χ0v) is 18.3. The Morgan fingerprint density at radius 1 is 1.26 bits per heavy atom. The lowest BCUT2D eigenvalue weighted by Gasteiger charge is -2.29. The van der Waals surface area contributed by atoms with Crippen LogP contribution in [0.1, 0.15) is 46.5 Å². The predicted octanol–water partition coefficient (Wildman–Crippen LogP) is 5.31. The van der Waals surface area contributed by atoms with Crippen molar-refractivity contribution >= 4 is 23.6 Å². The van der Waals surface area contributed by atoms with Gasteiger partial charge in [-0.15, -0.1) is 0 Å². The van der Waals surface area contributed by atoms with E-state index in [1.54, 1.807) is 18.2 Å². The minimum atomic E-state index is -0.634. The van der Waals surface area contributed by atoms with E-state index in [2.05, 4.69) is 6.58 Å². The third-order valence-corrected chi connectivity index (χ3v) is 5.17. The minimum absolute atomic E-state index is 0.0913. The van der Waals surface area contributed by atoms with Crippen LogP contribution >= 0.6 is 0 Å². The fourth-order valence-corrected chi connectivity index (χ4v) is 3.42. The Balaban J connectivity index is 2.02. The third kappa shape index (κ3) is 4.30. The molecular weight excluding hydrogens is 398 g/mol. The van der Waals surface area contributed by atoms with Gasteiger partial charge in [-0.2, -0.15) is 0 Å². The summed E-state index contributed by atoms with van der Waals surface area (Å²) in [6, 6.07) is 4.99. The number of methoxy groups -OCH3 is 1. The van der Waals surface area contributed by atoms with Crippen LogP contribution in [-0.2, 0) is 0 Å². The zero-order chi connectivity index (χ0) is 22.9. The molecule has 0 aliphatic carbocycles. The molecule has 0 spiro atoms. The molecule has 7 heteroatoms. The lowest BCUT2D eigenvalue weighted by atomic mass is 9.96. The molecule has 3 rings (SSSR count). The highest BCUT2D eigenvalue weighted by Gasteiger charge is 2.34. The maximum Gasteiger partial charge on any atom is 0.287 e. The highest BCUT2D eigenvalue weighted by molar-refractivity contribution is 6.05. The Hall–Kier alpha value is -3.61. The van der Waals surface area contributed by atoms with Gasteiger partial charge in [0.15, 0.2) is 6.61 Å². The summed E-state index contributed by atoms with van der Waals surface area (Å²) < 4.78 is 17.0. The quantitative estimate of drug-likeness (QED) is 0.341. The van der Waals surface area contributed by atoms with Gasteiger partial charge in [0.05, 0.1) is 23.7 Å². The second-order valence-corrected chi connectivity index (χ2v) is 7.90. The van der Waals surface area contributed by atoms with Gasteiger partial charge in [-0.05, 0) is 63.1 Å². The highest BCUT2D eigenvalue weighted by Crippen LogP contribution is 2.44. The maximum absolute atomic E-state index is 13.1. The standard InChI is InChI=1S/C24H25NO6/c1-7-16-10-14(2)15(3)11-20(16)30-13-19(26)22-18(25(27)28)12-21-17(23(22)29-6)8-9-24(4,5)31-21/h7-12H,1,13H2,2-6H3. The van der Waals surface area contributed by atoms with Crippen molar-refractivity contribution in [3.8, 4) is 17.2 Å². The number of nitro benzene ring substituents is 1. The zero-order valence-electron chi connectivity index (χ0n) is 18.3. The summed E-state index contributed by atoms with van der Waals surface area (Å²) in [5.41, 5.74) is 2.11. The van der Waals surface area contributed by atoms with Crippen molar-refractivity contribution in [1.29, 1.82) is 0 Å². The van der Waals surface area contributed by atoms with E-state index in [4.69, 9.17) is 14.2 Å². The number of rotatable bonds is 7. The first-order chi connectivity index (χ1) is 14.6. The molecule has 0 saturated heterocycles. The van der Waals surface area contributed by atoms with E-state index in [0.29, 0.717) is 11.3 Å². The first-order valence-corrected chi connectivity index (χ1v) is 9.75. The topological polar surface area (TPSA) is 87.9 Å². The molecular formula is C24H25NO6. The fraction of sp³-hybridized carbons (Fsp3) is 0.292. The van der Waals surface area contributed by atoms with Crippen LogP contribution in [0.5, 0.6) is 17.2 Å². The normalized spacial score (nSPS) is 13.7. The van der Waals surface area contributed by atoms with E-state index >= 15 is 0 Å². The van der Waals surface area contributed by atoms with Crippen molar-refractivity contribution in [2.45, 2.75) is 33.3 Å². The molecule has 0 bridgehead atoms. The molecule has 0 radical (unpaired) electrons. The van der Waals surface area contributed by atoms with Crippen LogP contribution in [-0.4, -0.2) is 30.0 Å². The fourth-order valence-electron chi connectivity index (χ4n) is 3.42. The van der Waals surface area contributed by atoms with E-state index in [0.717, 1.165) is 16.7 Å². The summed E-state index contributed by atoms with van der Waals surface area (Å²) in [4.78, 5) is 24.2. The smallest absolute Gasteiger partial charge is 0.287 e. The average molecular weight is 423 g/mol. The number of ether oxygens (including phenoxy) is 3. The van der Waals surface area contributed by atoms with Gasteiger partial charge in [0, 0.05) is 5.56 Å². The monoisotopic (exact) mass is 423 g/mol. The van der Waals surface area contributed by atoms with Crippen LogP contribution in [0, 0.1) is 24.0 Å². The van der Waals surface area contributed by atoms with Crippen LogP contribution < -0.4 is 14.2 Å². The summed E-state index contributed by atoms with van der Waals surface area (Å²) in [5.74, 6) is 0.291. The second kappa shape index (κ2) is 8.26. The van der Waals surface area contributed by atoms with Crippen molar-refractivity contribution in [3.05, 3.63) is 68.8 Å². The third-order valence-electron chi connectivity index (χ3n) is 5.17. The number of fused-ring (bicyclic) bond motifs is 1. The molecule has 0 atom stereocenters. The lowest BCUT2D eigenvalue weighted by molar-refractivity contribution is -0.385. The van der Waals surface area contributed by atoms with Crippen molar-refractivity contribution in [2.75, 3.05) is 13.7 Å². The van der Waals surface area contributed by atoms with E-state index in [1.807, 2.05) is 39.8 Å². The molecule has 0 amide bonds. The second-order valence-electron chi connectivity index (χ2n) is 7.90. The van der Waals surface area contributed by atoms with Crippen LogP contribution in [0.3, 0.4) is 0 Å². The van der Waals surface area contributed by atoms with Gasteiger partial charge in [0.25, 0.3) is 5.69 Å².